The maximum atomic E-state index is 12.5. The molecule has 2 aliphatic heterocycles. The lowest BCUT2D eigenvalue weighted by atomic mass is 9.97. The summed E-state index contributed by atoms with van der Waals surface area (Å²) in [5.41, 5.74) is 0. The van der Waals surface area contributed by atoms with Gasteiger partial charge in [-0.2, -0.15) is 5.10 Å². The van der Waals surface area contributed by atoms with Gasteiger partial charge < -0.3 is 14.2 Å². The molecule has 2 aromatic heterocycles. The number of rotatable bonds is 5. The monoisotopic (exact) mass is 373 g/mol. The molecule has 2 saturated heterocycles. The fourth-order valence-electron chi connectivity index (χ4n) is 3.92. The molecule has 0 bridgehead atoms. The van der Waals surface area contributed by atoms with Gasteiger partial charge in [0.1, 0.15) is 12.4 Å². The average Bonchev–Trinajstić information content (AvgIpc) is 3.33. The number of hydrogen-bond donors (Lipinski definition) is 0. The molecule has 0 saturated carbocycles. The fraction of sp³-hybridized carbons (Fsp3) is 0.667. The molecule has 0 radical (unpaired) electrons. The Balaban J connectivity index is 1.38. The van der Waals surface area contributed by atoms with Crippen LogP contribution in [0.15, 0.2) is 18.5 Å². The van der Waals surface area contributed by atoms with Crippen molar-refractivity contribution >= 4 is 5.91 Å². The van der Waals surface area contributed by atoms with E-state index < -0.39 is 0 Å². The van der Waals surface area contributed by atoms with Gasteiger partial charge in [0.15, 0.2) is 5.82 Å². The number of ether oxygens (including phenoxy) is 1. The number of likely N-dealkylation sites (tertiary alicyclic amines) is 1. The molecule has 0 aliphatic carbocycles. The first kappa shape index (κ1) is 18.1. The Morgan fingerprint density at radius 2 is 2.11 bits per heavy atom. The first-order valence-electron chi connectivity index (χ1n) is 9.64. The second kappa shape index (κ2) is 8.18. The minimum Gasteiger partial charge on any atom is -0.378 e. The molecule has 9 nitrogen and oxygen atoms in total. The van der Waals surface area contributed by atoms with Gasteiger partial charge in [-0.05, 0) is 25.5 Å². The Labute approximate surface area is 158 Å². The Kier molecular flexibility index (Phi) is 5.49. The largest absolute Gasteiger partial charge is 0.378 e. The van der Waals surface area contributed by atoms with Gasteiger partial charge in [0.2, 0.25) is 5.91 Å². The molecule has 0 spiro atoms. The van der Waals surface area contributed by atoms with Crippen LogP contribution in [0.4, 0.5) is 0 Å². The van der Waals surface area contributed by atoms with E-state index in [1.807, 2.05) is 28.9 Å². The van der Waals surface area contributed by atoms with E-state index >= 15 is 0 Å². The molecule has 0 N–H and O–H groups in total. The highest BCUT2D eigenvalue weighted by Gasteiger charge is 2.28. The molecular formula is C18H27N7O2. The molecule has 4 heterocycles. The van der Waals surface area contributed by atoms with Crippen molar-refractivity contribution < 1.29 is 9.53 Å². The number of carbonyl (C=O) groups excluding carboxylic acids is 1. The van der Waals surface area contributed by atoms with Gasteiger partial charge in [-0.25, -0.2) is 0 Å². The number of amides is 1. The van der Waals surface area contributed by atoms with Crippen molar-refractivity contribution in [1.82, 2.24) is 34.3 Å². The Morgan fingerprint density at radius 3 is 2.89 bits per heavy atom. The van der Waals surface area contributed by atoms with Crippen molar-refractivity contribution in [1.29, 1.82) is 0 Å². The maximum absolute atomic E-state index is 12.5. The molecular weight excluding hydrogens is 346 g/mol. The second-order valence-electron chi connectivity index (χ2n) is 7.30. The van der Waals surface area contributed by atoms with Crippen molar-refractivity contribution in [2.75, 3.05) is 45.9 Å². The highest BCUT2D eigenvalue weighted by atomic mass is 16.5. The highest BCUT2D eigenvalue weighted by Crippen LogP contribution is 2.25. The summed E-state index contributed by atoms with van der Waals surface area (Å²) in [7, 11) is 2.02. The number of morpholine rings is 1. The second-order valence-corrected chi connectivity index (χ2v) is 7.30. The van der Waals surface area contributed by atoms with Crippen LogP contribution in [-0.2, 0) is 23.1 Å². The Morgan fingerprint density at radius 1 is 1.26 bits per heavy atom. The van der Waals surface area contributed by atoms with Gasteiger partial charge in [0, 0.05) is 45.0 Å². The standard InChI is InChI=1S/C18H27N7O2/c1-22-16(13-25-7-3-5-19-25)20-21-18(22)15-4-2-6-23(12-15)14-17(26)24-8-10-27-11-9-24/h3,5,7,15H,2,4,6,8-14H2,1H3/t15-/m0/s1. The van der Waals surface area contributed by atoms with Crippen molar-refractivity contribution in [2.24, 2.45) is 7.05 Å². The highest BCUT2D eigenvalue weighted by molar-refractivity contribution is 5.78. The summed E-state index contributed by atoms with van der Waals surface area (Å²) in [4.78, 5) is 16.7. The van der Waals surface area contributed by atoms with E-state index in [1.165, 1.54) is 0 Å². The predicted octanol–water partition coefficient (Wildman–Crippen LogP) is 0.0981. The first-order valence-corrected chi connectivity index (χ1v) is 9.64. The molecule has 27 heavy (non-hydrogen) atoms. The number of carbonyl (C=O) groups is 1. The van der Waals surface area contributed by atoms with Crippen LogP contribution >= 0.6 is 0 Å². The summed E-state index contributed by atoms with van der Waals surface area (Å²) >= 11 is 0. The maximum Gasteiger partial charge on any atom is 0.236 e. The summed E-state index contributed by atoms with van der Waals surface area (Å²) in [6.07, 6.45) is 5.84. The third-order valence-electron chi connectivity index (χ3n) is 5.45. The molecule has 4 rings (SSSR count). The Hall–Kier alpha value is -2.26. The minimum absolute atomic E-state index is 0.205. The minimum atomic E-state index is 0.205. The molecule has 0 unspecified atom stereocenters. The molecule has 1 amide bonds. The molecule has 9 heteroatoms. The van der Waals surface area contributed by atoms with E-state index in [0.717, 1.165) is 37.6 Å². The third-order valence-corrected chi connectivity index (χ3v) is 5.45. The summed E-state index contributed by atoms with van der Waals surface area (Å²) in [5, 5.41) is 13.1. The van der Waals surface area contributed by atoms with Gasteiger partial charge in [-0.1, -0.05) is 0 Å². The number of piperidine rings is 1. The SMILES string of the molecule is Cn1c(Cn2cccn2)nnc1[C@H]1CCCN(CC(=O)N2CCOCC2)C1. The summed E-state index contributed by atoms with van der Waals surface area (Å²) < 4.78 is 9.27. The lowest BCUT2D eigenvalue weighted by Crippen LogP contribution is -2.47. The summed E-state index contributed by atoms with van der Waals surface area (Å²) in [6.45, 7) is 5.61. The predicted molar refractivity (Wildman–Crippen MR) is 98.1 cm³/mol. The normalized spacial score (nSPS) is 21.5. The zero-order valence-electron chi connectivity index (χ0n) is 15.8. The zero-order valence-corrected chi connectivity index (χ0v) is 15.8. The summed E-state index contributed by atoms with van der Waals surface area (Å²) in [5.74, 6) is 2.41. The van der Waals surface area contributed by atoms with E-state index in [-0.39, 0.29) is 5.91 Å². The van der Waals surface area contributed by atoms with Crippen LogP contribution in [0.2, 0.25) is 0 Å². The molecule has 2 aliphatic rings. The number of aromatic nitrogens is 5. The van der Waals surface area contributed by atoms with E-state index in [4.69, 9.17) is 4.74 Å². The van der Waals surface area contributed by atoms with Crippen LogP contribution in [0.3, 0.4) is 0 Å². The lowest BCUT2D eigenvalue weighted by Gasteiger charge is -2.34. The van der Waals surface area contributed by atoms with Gasteiger partial charge in [0.05, 0.1) is 19.8 Å². The van der Waals surface area contributed by atoms with Crippen LogP contribution < -0.4 is 0 Å². The Bertz CT molecular complexity index is 752. The van der Waals surface area contributed by atoms with Crippen LogP contribution in [0.5, 0.6) is 0 Å². The smallest absolute Gasteiger partial charge is 0.236 e. The van der Waals surface area contributed by atoms with E-state index in [9.17, 15) is 4.79 Å². The summed E-state index contributed by atoms with van der Waals surface area (Å²) in [6, 6.07) is 1.90. The number of hydrogen-bond acceptors (Lipinski definition) is 6. The van der Waals surface area contributed by atoms with Crippen molar-refractivity contribution in [2.45, 2.75) is 25.3 Å². The van der Waals surface area contributed by atoms with Crippen molar-refractivity contribution in [3.8, 4) is 0 Å². The molecule has 2 fully saturated rings. The van der Waals surface area contributed by atoms with E-state index in [0.29, 0.717) is 45.3 Å². The molecule has 0 aromatic carbocycles. The van der Waals surface area contributed by atoms with Crippen molar-refractivity contribution in [3.05, 3.63) is 30.1 Å². The zero-order chi connectivity index (χ0) is 18.6. The molecule has 146 valence electrons. The number of nitrogens with zero attached hydrogens (tertiary/aromatic N) is 7. The molecule has 1 atom stereocenters. The topological polar surface area (TPSA) is 81.3 Å². The third kappa shape index (κ3) is 4.19. The van der Waals surface area contributed by atoms with Crippen LogP contribution in [0.25, 0.3) is 0 Å². The van der Waals surface area contributed by atoms with E-state index in [2.05, 4.69) is 24.8 Å². The fourth-order valence-corrected chi connectivity index (χ4v) is 3.92. The lowest BCUT2D eigenvalue weighted by molar-refractivity contribution is -0.136. The van der Waals surface area contributed by atoms with Gasteiger partial charge in [-0.3, -0.25) is 14.4 Å². The molecule has 2 aromatic rings. The van der Waals surface area contributed by atoms with Gasteiger partial charge in [-0.15, -0.1) is 10.2 Å². The van der Waals surface area contributed by atoms with Crippen molar-refractivity contribution in [3.63, 3.8) is 0 Å². The van der Waals surface area contributed by atoms with Gasteiger partial charge in [0.25, 0.3) is 0 Å². The van der Waals surface area contributed by atoms with Crippen LogP contribution in [0.1, 0.15) is 30.4 Å². The van der Waals surface area contributed by atoms with Crippen LogP contribution in [0, 0.1) is 0 Å². The quantitative estimate of drug-likeness (QED) is 0.739. The van der Waals surface area contributed by atoms with E-state index in [1.54, 1.807) is 6.20 Å². The van der Waals surface area contributed by atoms with Crippen LogP contribution in [-0.4, -0.2) is 86.2 Å². The van der Waals surface area contributed by atoms with Gasteiger partial charge >= 0.3 is 0 Å². The first-order chi connectivity index (χ1) is 13.2. The average molecular weight is 373 g/mol.